The summed E-state index contributed by atoms with van der Waals surface area (Å²) in [6.45, 7) is 0. The molecule has 0 heterocycles. The molecule has 1 amide bonds. The zero-order valence-corrected chi connectivity index (χ0v) is 10.7. The van der Waals surface area contributed by atoms with Crippen molar-refractivity contribution in [2.45, 2.75) is 19.3 Å². The third kappa shape index (κ3) is 2.92. The fraction of sp³-hybridized carbons (Fsp3) is 0.429. The molecule has 0 spiro atoms. The van der Waals surface area contributed by atoms with Crippen LogP contribution in [0.1, 0.15) is 19.3 Å². The summed E-state index contributed by atoms with van der Waals surface area (Å²) in [4.78, 5) is 24.6. The molecular weight excluding hydrogens is 249 g/mol. The molecule has 2 atom stereocenters. The number of aliphatic carboxylic acids is 1. The van der Waals surface area contributed by atoms with Gasteiger partial charge in [-0.3, -0.25) is 9.59 Å². The summed E-state index contributed by atoms with van der Waals surface area (Å²) in [5, 5.41) is 8.93. The van der Waals surface area contributed by atoms with Crippen LogP contribution < -0.4 is 4.90 Å². The number of carboxylic acids is 1. The number of carboxylic acid groups (broad SMARTS) is 1. The maximum atomic E-state index is 12.8. The Morgan fingerprint density at radius 3 is 2.32 bits per heavy atom. The fourth-order valence-electron chi connectivity index (χ4n) is 2.50. The van der Waals surface area contributed by atoms with Crippen LogP contribution in [0.3, 0.4) is 0 Å². The van der Waals surface area contributed by atoms with Gasteiger partial charge in [0.2, 0.25) is 5.91 Å². The lowest BCUT2D eigenvalue weighted by Crippen LogP contribution is -2.32. The van der Waals surface area contributed by atoms with Crippen LogP contribution in [0.2, 0.25) is 0 Å². The molecular formula is C14H16FNO3. The van der Waals surface area contributed by atoms with Crippen LogP contribution in [-0.4, -0.2) is 24.0 Å². The van der Waals surface area contributed by atoms with E-state index in [4.69, 9.17) is 5.11 Å². The lowest BCUT2D eigenvalue weighted by atomic mass is 10.0. The van der Waals surface area contributed by atoms with Gasteiger partial charge in [-0.15, -0.1) is 0 Å². The van der Waals surface area contributed by atoms with Crippen molar-refractivity contribution in [1.82, 2.24) is 0 Å². The van der Waals surface area contributed by atoms with Gasteiger partial charge in [-0.25, -0.2) is 4.39 Å². The smallest absolute Gasteiger partial charge is 0.306 e. The summed E-state index contributed by atoms with van der Waals surface area (Å²) in [5.74, 6) is -1.96. The van der Waals surface area contributed by atoms with Crippen LogP contribution in [-0.2, 0) is 9.59 Å². The normalized spacial score (nSPS) is 22.2. The van der Waals surface area contributed by atoms with Crippen LogP contribution in [0.15, 0.2) is 24.3 Å². The first-order valence-electron chi connectivity index (χ1n) is 6.25. The zero-order chi connectivity index (χ0) is 14.0. The standard InChI is InChI=1S/C14H16FNO3/c1-16(12-6-4-11(15)5-7-12)13(17)9-2-3-10(8-9)14(18)19/h4-7,9-10H,2-3,8H2,1H3,(H,18,19)/t9-,10+/m1/s1. The van der Waals surface area contributed by atoms with E-state index >= 15 is 0 Å². The first-order valence-corrected chi connectivity index (χ1v) is 6.25. The number of nitrogens with zero attached hydrogens (tertiary/aromatic N) is 1. The van der Waals surface area contributed by atoms with E-state index in [1.807, 2.05) is 0 Å². The molecule has 0 aliphatic heterocycles. The minimum absolute atomic E-state index is 0.102. The van der Waals surface area contributed by atoms with E-state index in [0.29, 0.717) is 24.9 Å². The van der Waals surface area contributed by atoms with Crippen LogP contribution in [0.5, 0.6) is 0 Å². The summed E-state index contributed by atoms with van der Waals surface area (Å²) in [6, 6.07) is 5.68. The third-order valence-corrected chi connectivity index (χ3v) is 3.68. The van der Waals surface area contributed by atoms with E-state index in [2.05, 4.69) is 0 Å². The molecule has 1 aromatic rings. The topological polar surface area (TPSA) is 57.6 Å². The second kappa shape index (κ2) is 5.38. The zero-order valence-electron chi connectivity index (χ0n) is 10.7. The van der Waals surface area contributed by atoms with Gasteiger partial charge >= 0.3 is 5.97 Å². The van der Waals surface area contributed by atoms with Gasteiger partial charge in [0.1, 0.15) is 5.82 Å². The molecule has 0 unspecified atom stereocenters. The number of hydrogen-bond donors (Lipinski definition) is 1. The Morgan fingerprint density at radius 2 is 1.79 bits per heavy atom. The fourth-order valence-corrected chi connectivity index (χ4v) is 2.50. The number of benzene rings is 1. The Labute approximate surface area is 110 Å². The van der Waals surface area contributed by atoms with Gasteiger partial charge in [-0.05, 0) is 43.5 Å². The number of carbonyl (C=O) groups is 2. The van der Waals surface area contributed by atoms with Crippen molar-refractivity contribution < 1.29 is 19.1 Å². The SMILES string of the molecule is CN(C(=O)[C@@H]1CC[C@H](C(=O)O)C1)c1ccc(F)cc1. The maximum absolute atomic E-state index is 12.8. The average molecular weight is 265 g/mol. The summed E-state index contributed by atoms with van der Waals surface area (Å²) < 4.78 is 12.8. The summed E-state index contributed by atoms with van der Waals surface area (Å²) in [7, 11) is 1.63. The lowest BCUT2D eigenvalue weighted by Gasteiger charge is -2.21. The van der Waals surface area contributed by atoms with Gasteiger partial charge < -0.3 is 10.0 Å². The van der Waals surface area contributed by atoms with Crippen molar-refractivity contribution >= 4 is 17.6 Å². The van der Waals surface area contributed by atoms with Gasteiger partial charge in [0.25, 0.3) is 0 Å². The molecule has 19 heavy (non-hydrogen) atoms. The maximum Gasteiger partial charge on any atom is 0.306 e. The van der Waals surface area contributed by atoms with E-state index < -0.39 is 11.9 Å². The quantitative estimate of drug-likeness (QED) is 0.912. The molecule has 0 aromatic heterocycles. The van der Waals surface area contributed by atoms with E-state index in [1.54, 1.807) is 7.05 Å². The third-order valence-electron chi connectivity index (χ3n) is 3.68. The molecule has 1 N–H and O–H groups in total. The molecule has 1 fully saturated rings. The molecule has 0 radical (unpaired) electrons. The van der Waals surface area contributed by atoms with E-state index in [-0.39, 0.29) is 17.6 Å². The highest BCUT2D eigenvalue weighted by Crippen LogP contribution is 2.33. The molecule has 0 saturated heterocycles. The van der Waals surface area contributed by atoms with Crippen LogP contribution in [0.4, 0.5) is 10.1 Å². The first kappa shape index (κ1) is 13.5. The molecule has 4 nitrogen and oxygen atoms in total. The average Bonchev–Trinajstić information content (AvgIpc) is 2.87. The lowest BCUT2D eigenvalue weighted by molar-refractivity contribution is -0.141. The second-order valence-electron chi connectivity index (χ2n) is 4.92. The van der Waals surface area contributed by atoms with E-state index in [9.17, 15) is 14.0 Å². The Bertz CT molecular complexity index is 486. The van der Waals surface area contributed by atoms with Crippen LogP contribution >= 0.6 is 0 Å². The van der Waals surface area contributed by atoms with Gasteiger partial charge in [-0.2, -0.15) is 0 Å². The molecule has 0 bridgehead atoms. The van der Waals surface area contributed by atoms with Crippen molar-refractivity contribution in [2.24, 2.45) is 11.8 Å². The predicted octanol–water partition coefficient (Wildman–Crippen LogP) is 2.29. The van der Waals surface area contributed by atoms with Crippen molar-refractivity contribution in [3.8, 4) is 0 Å². The molecule has 1 saturated carbocycles. The van der Waals surface area contributed by atoms with Crippen molar-refractivity contribution in [1.29, 1.82) is 0 Å². The monoisotopic (exact) mass is 265 g/mol. The van der Waals surface area contributed by atoms with Gasteiger partial charge in [0, 0.05) is 18.7 Å². The van der Waals surface area contributed by atoms with Crippen molar-refractivity contribution in [3.05, 3.63) is 30.1 Å². The van der Waals surface area contributed by atoms with Crippen molar-refractivity contribution in [3.63, 3.8) is 0 Å². The molecule has 102 valence electrons. The number of anilines is 1. The summed E-state index contributed by atoms with van der Waals surface area (Å²) in [5.41, 5.74) is 0.616. The number of amides is 1. The predicted molar refractivity (Wildman–Crippen MR) is 68.3 cm³/mol. The van der Waals surface area contributed by atoms with Gasteiger partial charge in [0.05, 0.1) is 5.92 Å². The highest BCUT2D eigenvalue weighted by atomic mass is 19.1. The first-order chi connectivity index (χ1) is 8.99. The summed E-state index contributed by atoms with van der Waals surface area (Å²) in [6.07, 6.45) is 1.53. The number of halogens is 1. The number of hydrogen-bond acceptors (Lipinski definition) is 2. The molecule has 2 rings (SSSR count). The van der Waals surface area contributed by atoms with E-state index in [0.717, 1.165) is 0 Å². The Kier molecular flexibility index (Phi) is 3.83. The number of rotatable bonds is 3. The highest BCUT2D eigenvalue weighted by molar-refractivity contribution is 5.95. The molecule has 1 aliphatic rings. The van der Waals surface area contributed by atoms with Gasteiger partial charge in [0.15, 0.2) is 0 Å². The van der Waals surface area contributed by atoms with Crippen LogP contribution in [0, 0.1) is 17.7 Å². The largest absolute Gasteiger partial charge is 0.481 e. The Hall–Kier alpha value is -1.91. The minimum Gasteiger partial charge on any atom is -0.481 e. The van der Waals surface area contributed by atoms with Crippen molar-refractivity contribution in [2.75, 3.05) is 11.9 Å². The Morgan fingerprint density at radius 1 is 1.21 bits per heavy atom. The summed E-state index contributed by atoms with van der Waals surface area (Å²) >= 11 is 0. The van der Waals surface area contributed by atoms with Gasteiger partial charge in [-0.1, -0.05) is 0 Å². The molecule has 1 aliphatic carbocycles. The number of carbonyl (C=O) groups excluding carboxylic acids is 1. The molecule has 5 heteroatoms. The van der Waals surface area contributed by atoms with Crippen LogP contribution in [0.25, 0.3) is 0 Å². The second-order valence-corrected chi connectivity index (χ2v) is 4.92. The Balaban J connectivity index is 2.04. The highest BCUT2D eigenvalue weighted by Gasteiger charge is 2.35. The van der Waals surface area contributed by atoms with E-state index in [1.165, 1.54) is 29.2 Å². The minimum atomic E-state index is -0.834. The molecule has 1 aromatic carbocycles.